The maximum Gasteiger partial charge on any atom is 0.238 e. The second-order valence-electron chi connectivity index (χ2n) is 14.5. The summed E-state index contributed by atoms with van der Waals surface area (Å²) < 4.78 is 4.60. The van der Waals surface area contributed by atoms with Gasteiger partial charge in [0.15, 0.2) is 11.6 Å². The first-order chi connectivity index (χ1) is 27.8. The zero-order valence-corrected chi connectivity index (χ0v) is 30.1. The maximum absolute atomic E-state index is 5.37. The second-order valence-corrected chi connectivity index (χ2v) is 14.5. The summed E-state index contributed by atoms with van der Waals surface area (Å²) in [5, 5.41) is 11.7. The van der Waals surface area contributed by atoms with E-state index in [1.807, 2.05) is 18.2 Å². The van der Waals surface area contributed by atoms with Gasteiger partial charge in [0.2, 0.25) is 5.95 Å². The van der Waals surface area contributed by atoms with Gasteiger partial charge in [-0.15, -0.1) is 0 Å². The lowest BCUT2D eigenvalue weighted by Gasteiger charge is -2.14. The highest BCUT2D eigenvalue weighted by Gasteiger charge is 2.20. The van der Waals surface area contributed by atoms with Crippen LogP contribution in [0.15, 0.2) is 188 Å². The van der Waals surface area contributed by atoms with Crippen LogP contribution < -0.4 is 0 Å². The molecule has 0 unspecified atom stereocenters. The summed E-state index contributed by atoms with van der Waals surface area (Å²) in [6, 6.07) is 66.8. The molecule has 12 rings (SSSR count). The third-order valence-corrected chi connectivity index (χ3v) is 11.3. The predicted molar refractivity (Wildman–Crippen MR) is 232 cm³/mol. The Balaban J connectivity index is 1.14. The van der Waals surface area contributed by atoms with E-state index in [1.165, 1.54) is 38.0 Å². The Kier molecular flexibility index (Phi) is 6.56. The molecule has 0 saturated carbocycles. The first-order valence-electron chi connectivity index (χ1n) is 19.0. The Hall–Kier alpha value is -7.63. The SMILES string of the molecule is c1ccc(-c2nc(-c3cc4ccccc4c4ccccc34)nc(-n3c4ccccc4c4cc5ccc(-n6c7ccccc7c7ccccc76)cc5cc43)n2)cc1. The number of para-hydroxylation sites is 3. The third-order valence-electron chi connectivity index (χ3n) is 11.3. The fourth-order valence-electron chi connectivity index (χ4n) is 8.80. The van der Waals surface area contributed by atoms with Crippen LogP contribution in [0.3, 0.4) is 0 Å². The standard InChI is InChI=1S/C51H31N5/c1-2-14-32(15-3-1)49-52-50(44-30-34-16-4-5-17-37(34)38-18-6-7-19-39(38)44)54-51(53-49)56-47-25-13-10-22-42(47)43-29-33-26-27-36(28-35(33)31-48(43)56)55-45-23-11-8-20-40(45)41-21-9-12-24-46(41)55/h1-31H. The van der Waals surface area contributed by atoms with E-state index in [4.69, 9.17) is 15.0 Å². The van der Waals surface area contributed by atoms with Crippen molar-refractivity contribution in [1.82, 2.24) is 24.1 Å². The average molecular weight is 714 g/mol. The lowest BCUT2D eigenvalue weighted by Crippen LogP contribution is -2.06. The van der Waals surface area contributed by atoms with E-state index in [0.29, 0.717) is 17.6 Å². The molecule has 0 amide bonds. The minimum Gasteiger partial charge on any atom is -0.309 e. The highest BCUT2D eigenvalue weighted by atomic mass is 15.2. The summed E-state index contributed by atoms with van der Waals surface area (Å²) in [6.45, 7) is 0. The quantitative estimate of drug-likeness (QED) is 0.171. The van der Waals surface area contributed by atoms with E-state index in [0.717, 1.165) is 54.8 Å². The molecule has 3 aromatic heterocycles. The van der Waals surface area contributed by atoms with E-state index in [-0.39, 0.29) is 0 Å². The molecular formula is C51H31N5. The summed E-state index contributed by atoms with van der Waals surface area (Å²) >= 11 is 0. The van der Waals surface area contributed by atoms with Gasteiger partial charge in [-0.1, -0.05) is 140 Å². The van der Waals surface area contributed by atoms with Crippen LogP contribution in [-0.4, -0.2) is 24.1 Å². The number of aromatic nitrogens is 5. The average Bonchev–Trinajstić information content (AvgIpc) is 3.77. The van der Waals surface area contributed by atoms with E-state index in [9.17, 15) is 0 Å². The van der Waals surface area contributed by atoms with Crippen molar-refractivity contribution in [3.05, 3.63) is 188 Å². The largest absolute Gasteiger partial charge is 0.309 e. The van der Waals surface area contributed by atoms with E-state index >= 15 is 0 Å². The molecule has 3 heterocycles. The number of nitrogens with zero attached hydrogens (tertiary/aromatic N) is 5. The van der Waals surface area contributed by atoms with Crippen LogP contribution in [-0.2, 0) is 0 Å². The smallest absolute Gasteiger partial charge is 0.238 e. The molecule has 5 heteroatoms. The van der Waals surface area contributed by atoms with Gasteiger partial charge in [0.25, 0.3) is 0 Å². The molecule has 0 bridgehead atoms. The van der Waals surface area contributed by atoms with E-state index < -0.39 is 0 Å². The van der Waals surface area contributed by atoms with Crippen LogP contribution in [0.2, 0.25) is 0 Å². The lowest BCUT2D eigenvalue weighted by atomic mass is 9.97. The maximum atomic E-state index is 5.37. The van der Waals surface area contributed by atoms with E-state index in [2.05, 4.69) is 179 Å². The van der Waals surface area contributed by atoms with Crippen molar-refractivity contribution < 1.29 is 0 Å². The first kappa shape index (κ1) is 30.8. The van der Waals surface area contributed by atoms with Crippen LogP contribution in [0.1, 0.15) is 0 Å². The molecule has 0 spiro atoms. The van der Waals surface area contributed by atoms with Crippen molar-refractivity contribution >= 4 is 75.9 Å². The highest BCUT2D eigenvalue weighted by molar-refractivity contribution is 6.15. The Labute approximate surface area is 321 Å². The number of fused-ring (bicyclic) bond motifs is 10. The monoisotopic (exact) mass is 713 g/mol. The molecule has 0 N–H and O–H groups in total. The zero-order chi connectivity index (χ0) is 36.7. The molecule has 0 fully saturated rings. The van der Waals surface area contributed by atoms with Crippen molar-refractivity contribution in [3.8, 4) is 34.4 Å². The highest BCUT2D eigenvalue weighted by Crippen LogP contribution is 2.39. The van der Waals surface area contributed by atoms with Crippen LogP contribution in [0.25, 0.3) is 110 Å². The van der Waals surface area contributed by atoms with Crippen molar-refractivity contribution in [3.63, 3.8) is 0 Å². The van der Waals surface area contributed by atoms with Gasteiger partial charge in [0.1, 0.15) is 0 Å². The summed E-state index contributed by atoms with van der Waals surface area (Å²) in [7, 11) is 0. The topological polar surface area (TPSA) is 48.5 Å². The number of hydrogen-bond donors (Lipinski definition) is 0. The Bertz CT molecular complexity index is 3490. The molecule has 0 atom stereocenters. The van der Waals surface area contributed by atoms with Gasteiger partial charge in [0.05, 0.1) is 22.1 Å². The molecule has 9 aromatic carbocycles. The summed E-state index contributed by atoms with van der Waals surface area (Å²) in [6.07, 6.45) is 0. The van der Waals surface area contributed by atoms with Crippen LogP contribution in [0.5, 0.6) is 0 Å². The van der Waals surface area contributed by atoms with Gasteiger partial charge in [-0.2, -0.15) is 9.97 Å². The normalized spacial score (nSPS) is 11.9. The molecule has 0 saturated heterocycles. The number of benzene rings is 9. The number of hydrogen-bond acceptors (Lipinski definition) is 3. The number of rotatable bonds is 4. The Morgan fingerprint density at radius 3 is 1.61 bits per heavy atom. The fraction of sp³-hybridized carbons (Fsp3) is 0. The van der Waals surface area contributed by atoms with Gasteiger partial charge >= 0.3 is 0 Å². The van der Waals surface area contributed by atoms with Gasteiger partial charge < -0.3 is 4.57 Å². The Morgan fingerprint density at radius 2 is 0.875 bits per heavy atom. The molecule has 0 radical (unpaired) electrons. The lowest BCUT2D eigenvalue weighted by molar-refractivity contribution is 0.955. The molecule has 12 aromatic rings. The first-order valence-corrected chi connectivity index (χ1v) is 19.0. The molecule has 0 aliphatic carbocycles. The van der Waals surface area contributed by atoms with Crippen molar-refractivity contribution in [2.24, 2.45) is 0 Å². The molecular weight excluding hydrogens is 683 g/mol. The van der Waals surface area contributed by atoms with Crippen molar-refractivity contribution in [2.45, 2.75) is 0 Å². The Morgan fingerprint density at radius 1 is 0.304 bits per heavy atom. The summed E-state index contributed by atoms with van der Waals surface area (Å²) in [5.74, 6) is 1.84. The summed E-state index contributed by atoms with van der Waals surface area (Å²) in [5.41, 5.74) is 7.49. The van der Waals surface area contributed by atoms with E-state index in [1.54, 1.807) is 0 Å². The van der Waals surface area contributed by atoms with Crippen LogP contribution in [0, 0.1) is 0 Å². The van der Waals surface area contributed by atoms with Crippen LogP contribution >= 0.6 is 0 Å². The minimum atomic E-state index is 0.579. The fourth-order valence-corrected chi connectivity index (χ4v) is 8.80. The van der Waals surface area contributed by atoms with Gasteiger partial charge in [-0.25, -0.2) is 4.98 Å². The predicted octanol–water partition coefficient (Wildman–Crippen LogP) is 12.9. The molecule has 260 valence electrons. The second kappa shape index (κ2) is 11.9. The molecule has 0 aliphatic heterocycles. The van der Waals surface area contributed by atoms with Gasteiger partial charge in [0, 0.05) is 38.4 Å². The van der Waals surface area contributed by atoms with Crippen LogP contribution in [0.4, 0.5) is 0 Å². The molecule has 5 nitrogen and oxygen atoms in total. The molecule has 56 heavy (non-hydrogen) atoms. The van der Waals surface area contributed by atoms with Crippen molar-refractivity contribution in [2.75, 3.05) is 0 Å². The summed E-state index contributed by atoms with van der Waals surface area (Å²) in [4.78, 5) is 15.8. The minimum absolute atomic E-state index is 0.579. The van der Waals surface area contributed by atoms with Gasteiger partial charge in [-0.3, -0.25) is 4.57 Å². The zero-order valence-electron chi connectivity index (χ0n) is 30.1. The van der Waals surface area contributed by atoms with Crippen molar-refractivity contribution in [1.29, 1.82) is 0 Å². The van der Waals surface area contributed by atoms with Gasteiger partial charge in [-0.05, 0) is 80.8 Å². The third kappa shape index (κ3) is 4.58. The molecule has 0 aliphatic rings.